The van der Waals surface area contributed by atoms with Crippen LogP contribution in [0.4, 0.5) is 5.00 Å². The summed E-state index contributed by atoms with van der Waals surface area (Å²) in [6, 6.07) is 5.43. The van der Waals surface area contributed by atoms with Crippen molar-refractivity contribution < 1.29 is 19.4 Å². The van der Waals surface area contributed by atoms with E-state index in [4.69, 9.17) is 16.2 Å². The highest BCUT2D eigenvalue weighted by Gasteiger charge is 2.49. The SMILES string of the molecule is CN1CCC[C@H]1COc1cc(-n2ccc(C(=O)O)n2)nc(/C(N)=C2\CCC[C@@]3(CCCc4sc(N)c(C#N)c43)C2=O)n1. The van der Waals surface area contributed by atoms with E-state index in [0.717, 1.165) is 42.7 Å². The number of nitrogens with zero attached hydrogens (tertiary/aromatic N) is 6. The molecule has 2 atom stereocenters. The average molecular weight is 589 g/mol. The van der Waals surface area contributed by atoms with E-state index in [1.54, 1.807) is 6.07 Å². The molecule has 6 rings (SSSR count). The zero-order chi connectivity index (χ0) is 29.6. The van der Waals surface area contributed by atoms with E-state index < -0.39 is 11.4 Å². The van der Waals surface area contributed by atoms with Gasteiger partial charge in [-0.25, -0.2) is 14.5 Å². The lowest BCUT2D eigenvalue weighted by Crippen LogP contribution is -2.43. The second kappa shape index (κ2) is 10.8. The van der Waals surface area contributed by atoms with Gasteiger partial charge in [-0.2, -0.15) is 15.3 Å². The minimum atomic E-state index is -1.17. The summed E-state index contributed by atoms with van der Waals surface area (Å²) in [6.45, 7) is 1.40. The maximum absolute atomic E-state index is 14.4. The number of ketones is 1. The van der Waals surface area contributed by atoms with Gasteiger partial charge in [-0.15, -0.1) is 11.3 Å². The first-order valence-electron chi connectivity index (χ1n) is 14.1. The Kier molecular flexibility index (Phi) is 7.20. The molecule has 0 radical (unpaired) electrons. The number of Topliss-reactive ketones (excluding diaryl/α,β-unsaturated/α-hetero) is 1. The molecule has 2 fully saturated rings. The number of carbonyl (C=O) groups is 2. The summed E-state index contributed by atoms with van der Waals surface area (Å²) in [4.78, 5) is 38.2. The van der Waals surface area contributed by atoms with Crippen LogP contribution in [0, 0.1) is 11.3 Å². The van der Waals surface area contributed by atoms with Gasteiger partial charge in [-0.1, -0.05) is 0 Å². The van der Waals surface area contributed by atoms with Gasteiger partial charge >= 0.3 is 5.97 Å². The number of hydrogen-bond acceptors (Lipinski definition) is 11. The number of hydrogen-bond donors (Lipinski definition) is 3. The predicted molar refractivity (Wildman–Crippen MR) is 155 cm³/mol. The number of aryl methyl sites for hydroxylation is 1. The zero-order valence-corrected chi connectivity index (χ0v) is 24.1. The van der Waals surface area contributed by atoms with E-state index >= 15 is 0 Å². The Bertz CT molecular complexity index is 1650. The number of thiophene rings is 1. The van der Waals surface area contributed by atoms with Gasteiger partial charge in [0.15, 0.2) is 23.1 Å². The molecular formula is C29H32N8O4S. The van der Waals surface area contributed by atoms with Crippen molar-refractivity contribution in [3.05, 3.63) is 51.4 Å². The number of ether oxygens (including phenoxy) is 1. The fourth-order valence-corrected chi connectivity index (χ4v) is 7.74. The van der Waals surface area contributed by atoms with Gasteiger partial charge < -0.3 is 26.2 Å². The average Bonchev–Trinajstić information content (AvgIpc) is 3.71. The quantitative estimate of drug-likeness (QED) is 0.359. The number of likely N-dealkylation sites (tertiary alicyclic amines) is 1. The number of fused-ring (bicyclic) bond motifs is 2. The first-order valence-corrected chi connectivity index (χ1v) is 14.9. The summed E-state index contributed by atoms with van der Waals surface area (Å²) in [7, 11) is 2.05. The molecule has 0 aromatic carbocycles. The molecule has 1 spiro atoms. The van der Waals surface area contributed by atoms with Crippen molar-refractivity contribution in [2.24, 2.45) is 5.73 Å². The molecule has 2 aliphatic carbocycles. The standard InChI is InChI=1S/C29H32N8O4S/c1-36-11-4-5-16(36)15-41-22-13-21(37-12-8-19(35-37)28(39)40)33-27(34-22)24(31)17-6-2-9-29(25(17)38)10-3-7-20-23(29)18(14-30)26(32)42-20/h8,12-13,16H,2-7,9-11,15,31-32H2,1H3,(H,39,40)/b24-17-/t16-,29-/m0/s1. The maximum Gasteiger partial charge on any atom is 0.356 e. The predicted octanol–water partition coefficient (Wildman–Crippen LogP) is 3.05. The largest absolute Gasteiger partial charge is 0.476 e. The molecule has 12 nitrogen and oxygen atoms in total. The molecule has 3 aliphatic rings. The van der Waals surface area contributed by atoms with Crippen LogP contribution in [0.3, 0.4) is 0 Å². The number of rotatable bonds is 6. The van der Waals surface area contributed by atoms with Gasteiger partial charge in [0.25, 0.3) is 0 Å². The molecule has 42 heavy (non-hydrogen) atoms. The lowest BCUT2D eigenvalue weighted by atomic mass is 9.61. The van der Waals surface area contributed by atoms with Crippen LogP contribution in [0.1, 0.15) is 77.3 Å². The van der Waals surface area contributed by atoms with Crippen LogP contribution >= 0.6 is 11.3 Å². The number of carbonyl (C=O) groups excluding carboxylic acids is 1. The van der Waals surface area contributed by atoms with Gasteiger partial charge in [-0.3, -0.25) is 4.79 Å². The van der Waals surface area contributed by atoms with Crippen LogP contribution < -0.4 is 16.2 Å². The summed E-state index contributed by atoms with van der Waals surface area (Å²) >= 11 is 1.40. The molecule has 0 bridgehead atoms. The maximum atomic E-state index is 14.4. The van der Waals surface area contributed by atoms with Crippen LogP contribution in [-0.2, 0) is 16.6 Å². The van der Waals surface area contributed by atoms with E-state index in [1.807, 2.05) is 0 Å². The first kappa shape index (κ1) is 27.9. The number of nitrogens with two attached hydrogens (primary N) is 2. The van der Waals surface area contributed by atoms with E-state index in [-0.39, 0.29) is 40.7 Å². The first-order chi connectivity index (χ1) is 20.2. The van der Waals surface area contributed by atoms with Crippen molar-refractivity contribution >= 4 is 33.8 Å². The lowest BCUT2D eigenvalue weighted by molar-refractivity contribution is -0.122. The number of nitrogen functional groups attached to an aromatic ring is 1. The summed E-state index contributed by atoms with van der Waals surface area (Å²) in [6.07, 6.45) is 7.59. The van der Waals surface area contributed by atoms with Gasteiger partial charge in [0.05, 0.1) is 16.7 Å². The highest BCUT2D eigenvalue weighted by atomic mass is 32.1. The Labute approximate surface area is 246 Å². The highest BCUT2D eigenvalue weighted by Crippen LogP contribution is 2.52. The fourth-order valence-electron chi connectivity index (χ4n) is 6.58. The van der Waals surface area contributed by atoms with Gasteiger partial charge in [-0.05, 0) is 76.6 Å². The Morgan fingerprint density at radius 2 is 2.07 bits per heavy atom. The summed E-state index contributed by atoms with van der Waals surface area (Å²) in [5.74, 6) is -0.655. The minimum absolute atomic E-state index is 0.108. The third kappa shape index (κ3) is 4.70. The van der Waals surface area contributed by atoms with Crippen molar-refractivity contribution in [2.75, 3.05) is 25.9 Å². The molecule has 0 unspecified atom stereocenters. The van der Waals surface area contributed by atoms with Crippen LogP contribution in [-0.4, -0.2) is 67.7 Å². The van der Waals surface area contributed by atoms with E-state index in [2.05, 4.69) is 33.1 Å². The smallest absolute Gasteiger partial charge is 0.356 e. The topological polar surface area (TPSA) is 186 Å². The van der Waals surface area contributed by atoms with Crippen LogP contribution in [0.2, 0.25) is 0 Å². The van der Waals surface area contributed by atoms with Gasteiger partial charge in [0.1, 0.15) is 17.7 Å². The molecule has 5 N–H and O–H groups in total. The van der Waals surface area contributed by atoms with Crippen LogP contribution in [0.5, 0.6) is 5.88 Å². The van der Waals surface area contributed by atoms with Crippen LogP contribution in [0.25, 0.3) is 11.5 Å². The van der Waals surface area contributed by atoms with Crippen molar-refractivity contribution in [3.8, 4) is 17.8 Å². The molecule has 13 heteroatoms. The number of carboxylic acids is 1. The Morgan fingerprint density at radius 1 is 1.29 bits per heavy atom. The number of allylic oxidation sites excluding steroid dienone is 1. The molecule has 218 valence electrons. The van der Waals surface area contributed by atoms with Gasteiger partial charge in [0.2, 0.25) is 5.88 Å². The molecule has 1 aliphatic heterocycles. The summed E-state index contributed by atoms with van der Waals surface area (Å²) in [5, 5.41) is 23.8. The second-order valence-electron chi connectivity index (χ2n) is 11.2. The van der Waals surface area contributed by atoms with E-state index in [0.29, 0.717) is 48.4 Å². The van der Waals surface area contributed by atoms with Crippen molar-refractivity contribution in [3.63, 3.8) is 0 Å². The number of nitriles is 1. The summed E-state index contributed by atoms with van der Waals surface area (Å²) in [5.41, 5.74) is 13.7. The van der Waals surface area contributed by atoms with E-state index in [9.17, 15) is 20.0 Å². The number of aromatic nitrogens is 4. The Balaban J connectivity index is 1.42. The Hall–Kier alpha value is -4.28. The third-order valence-corrected chi connectivity index (χ3v) is 9.82. The normalized spacial score (nSPS) is 23.5. The van der Waals surface area contributed by atoms with Crippen molar-refractivity contribution in [1.82, 2.24) is 24.6 Å². The minimum Gasteiger partial charge on any atom is -0.476 e. The summed E-state index contributed by atoms with van der Waals surface area (Å²) < 4.78 is 7.43. The molecule has 1 saturated carbocycles. The molecule has 4 heterocycles. The monoisotopic (exact) mass is 588 g/mol. The van der Waals surface area contributed by atoms with Crippen LogP contribution in [0.15, 0.2) is 23.9 Å². The molecular weight excluding hydrogens is 556 g/mol. The van der Waals surface area contributed by atoms with Crippen molar-refractivity contribution in [1.29, 1.82) is 5.26 Å². The van der Waals surface area contributed by atoms with Crippen molar-refractivity contribution in [2.45, 2.75) is 62.8 Å². The fraction of sp³-hybridized carbons (Fsp3) is 0.448. The lowest BCUT2D eigenvalue weighted by Gasteiger charge is -2.40. The van der Waals surface area contributed by atoms with Gasteiger partial charge in [0, 0.05) is 28.8 Å². The number of aromatic carboxylic acids is 1. The molecule has 0 amide bonds. The highest BCUT2D eigenvalue weighted by molar-refractivity contribution is 7.16. The number of anilines is 1. The van der Waals surface area contributed by atoms with E-state index in [1.165, 1.54) is 28.3 Å². The molecule has 3 aromatic heterocycles. The third-order valence-electron chi connectivity index (χ3n) is 8.74. The number of carboxylic acid groups (broad SMARTS) is 1. The zero-order valence-electron chi connectivity index (χ0n) is 23.3. The molecule has 1 saturated heterocycles. The Morgan fingerprint density at radius 3 is 2.76 bits per heavy atom. The molecule has 3 aromatic rings. The number of likely N-dealkylation sites (N-methyl/N-ethyl adjacent to an activating group) is 1. The second-order valence-corrected chi connectivity index (χ2v) is 12.3.